The van der Waals surface area contributed by atoms with E-state index in [9.17, 15) is 15.8 Å². The summed E-state index contributed by atoms with van der Waals surface area (Å²) >= 11 is 0. The first-order valence-corrected chi connectivity index (χ1v) is 7.46. The monoisotopic (exact) mass is 326 g/mol. The Balaban J connectivity index is 3.59. The number of rotatable bonds is 5. The first-order chi connectivity index (χ1) is 12.1. The van der Waals surface area contributed by atoms with Crippen molar-refractivity contribution in [3.8, 4) is 30.3 Å². The number of benzene rings is 1. The van der Waals surface area contributed by atoms with Crippen molar-refractivity contribution in [3.05, 3.63) is 46.5 Å². The van der Waals surface area contributed by atoms with E-state index < -0.39 is 11.1 Å². The van der Waals surface area contributed by atoms with Crippen molar-refractivity contribution in [1.29, 1.82) is 26.3 Å². The maximum absolute atomic E-state index is 9.46. The largest absolute Gasteiger partial charge is 0.372 e. The van der Waals surface area contributed by atoms with Crippen LogP contribution in [-0.2, 0) is 0 Å². The summed E-state index contributed by atoms with van der Waals surface area (Å²) in [5.41, 5.74) is 0.198. The molecule has 0 atom stereocenters. The van der Waals surface area contributed by atoms with Gasteiger partial charge in [0.05, 0.1) is 16.7 Å². The molecule has 0 amide bonds. The maximum Gasteiger partial charge on any atom is 0.148 e. The molecule has 6 heteroatoms. The van der Waals surface area contributed by atoms with Crippen LogP contribution in [0.25, 0.3) is 5.57 Å². The molecular weight excluding hydrogens is 312 g/mol. The average Bonchev–Trinajstić information content (AvgIpc) is 2.66. The van der Waals surface area contributed by atoms with Gasteiger partial charge in [0.25, 0.3) is 0 Å². The zero-order valence-electron chi connectivity index (χ0n) is 13.9. The van der Waals surface area contributed by atoms with Gasteiger partial charge in [0.2, 0.25) is 0 Å². The third-order valence-electron chi connectivity index (χ3n) is 3.59. The molecule has 120 valence electrons. The molecule has 0 aliphatic carbocycles. The zero-order chi connectivity index (χ0) is 18.8. The SMILES string of the molecule is CCN(CC)c1ccc(/C(C#N)=C(/C#N)C(C#N)=C(C#N)C#N)cc1. The molecule has 0 heterocycles. The third-order valence-corrected chi connectivity index (χ3v) is 3.59. The molecule has 0 saturated heterocycles. The summed E-state index contributed by atoms with van der Waals surface area (Å²) in [6, 6.07) is 15.5. The van der Waals surface area contributed by atoms with E-state index >= 15 is 0 Å². The Kier molecular flexibility index (Phi) is 6.97. The Labute approximate surface area is 147 Å². The van der Waals surface area contributed by atoms with Gasteiger partial charge in [0.15, 0.2) is 0 Å². The Morgan fingerprint density at radius 3 is 1.64 bits per heavy atom. The summed E-state index contributed by atoms with van der Waals surface area (Å²) in [7, 11) is 0. The molecule has 0 aliphatic heterocycles. The minimum absolute atomic E-state index is 0.0480. The topological polar surface area (TPSA) is 122 Å². The minimum Gasteiger partial charge on any atom is -0.372 e. The van der Waals surface area contributed by atoms with Crippen molar-refractivity contribution in [3.63, 3.8) is 0 Å². The molecule has 0 spiro atoms. The zero-order valence-corrected chi connectivity index (χ0v) is 13.9. The molecule has 0 aliphatic rings. The van der Waals surface area contributed by atoms with E-state index in [-0.39, 0.29) is 11.1 Å². The highest BCUT2D eigenvalue weighted by molar-refractivity contribution is 5.87. The van der Waals surface area contributed by atoms with Crippen LogP contribution in [0, 0.1) is 56.7 Å². The molecule has 0 aromatic heterocycles. The highest BCUT2D eigenvalue weighted by atomic mass is 15.1. The predicted octanol–water partition coefficient (Wildman–Crippen LogP) is 3.20. The van der Waals surface area contributed by atoms with Gasteiger partial charge >= 0.3 is 0 Å². The van der Waals surface area contributed by atoms with E-state index in [1.165, 1.54) is 0 Å². The lowest BCUT2D eigenvalue weighted by molar-refractivity contribution is 0.866. The highest BCUT2D eigenvalue weighted by Gasteiger charge is 2.18. The number of allylic oxidation sites excluding steroid dienone is 4. The molecule has 0 N–H and O–H groups in total. The maximum atomic E-state index is 9.46. The van der Waals surface area contributed by atoms with Gasteiger partial charge in [-0.3, -0.25) is 0 Å². The second-order valence-electron chi connectivity index (χ2n) is 4.78. The van der Waals surface area contributed by atoms with Crippen LogP contribution in [0.5, 0.6) is 0 Å². The normalized spacial score (nSPS) is 9.96. The fourth-order valence-corrected chi connectivity index (χ4v) is 2.30. The molecule has 6 nitrogen and oxygen atoms in total. The van der Waals surface area contributed by atoms with Gasteiger partial charge in [0, 0.05) is 18.8 Å². The molecule has 0 radical (unpaired) electrons. The third kappa shape index (κ3) is 4.03. The van der Waals surface area contributed by atoms with Gasteiger partial charge in [-0.1, -0.05) is 12.1 Å². The standard InChI is InChI=1S/C19H14N6/c1-3-25(4-2)16-7-5-14(6-8-16)17(11-22)19(13-24)18(12-23)15(9-20)10-21/h5-8H,3-4H2,1-2H3/b19-17-. The predicted molar refractivity (Wildman–Crippen MR) is 92.0 cm³/mol. The van der Waals surface area contributed by atoms with Crippen molar-refractivity contribution in [1.82, 2.24) is 0 Å². The van der Waals surface area contributed by atoms with Gasteiger partial charge in [-0.2, -0.15) is 26.3 Å². The van der Waals surface area contributed by atoms with Crippen LogP contribution in [0.3, 0.4) is 0 Å². The van der Waals surface area contributed by atoms with Crippen LogP contribution in [0.2, 0.25) is 0 Å². The van der Waals surface area contributed by atoms with Crippen LogP contribution >= 0.6 is 0 Å². The highest BCUT2D eigenvalue weighted by Crippen LogP contribution is 2.26. The number of hydrogen-bond acceptors (Lipinski definition) is 6. The molecule has 0 saturated carbocycles. The first kappa shape index (κ1) is 19.0. The minimum atomic E-state index is -0.494. The molecule has 1 aromatic carbocycles. The average molecular weight is 326 g/mol. The molecule has 0 fully saturated rings. The molecule has 0 unspecified atom stereocenters. The van der Waals surface area contributed by atoms with Gasteiger partial charge < -0.3 is 4.90 Å². The van der Waals surface area contributed by atoms with E-state index in [0.717, 1.165) is 18.8 Å². The summed E-state index contributed by atoms with van der Waals surface area (Å²) in [5, 5.41) is 45.9. The summed E-state index contributed by atoms with van der Waals surface area (Å²) < 4.78 is 0. The lowest BCUT2D eigenvalue weighted by Gasteiger charge is -2.21. The Morgan fingerprint density at radius 2 is 1.28 bits per heavy atom. The Morgan fingerprint density at radius 1 is 0.760 bits per heavy atom. The number of anilines is 1. The lowest BCUT2D eigenvalue weighted by Crippen LogP contribution is -2.21. The fraction of sp³-hybridized carbons (Fsp3) is 0.211. The van der Waals surface area contributed by atoms with Crippen molar-refractivity contribution < 1.29 is 0 Å². The summed E-state index contributed by atoms with van der Waals surface area (Å²) in [4.78, 5) is 2.12. The smallest absolute Gasteiger partial charge is 0.148 e. The van der Waals surface area contributed by atoms with Crippen LogP contribution < -0.4 is 4.90 Å². The van der Waals surface area contributed by atoms with Crippen LogP contribution in [0.4, 0.5) is 5.69 Å². The van der Waals surface area contributed by atoms with Crippen LogP contribution in [-0.4, -0.2) is 13.1 Å². The molecule has 1 aromatic rings. The van der Waals surface area contributed by atoms with E-state index in [4.69, 9.17) is 10.5 Å². The van der Waals surface area contributed by atoms with Crippen molar-refractivity contribution in [2.45, 2.75) is 13.8 Å². The van der Waals surface area contributed by atoms with E-state index in [0.29, 0.717) is 5.56 Å². The van der Waals surface area contributed by atoms with Crippen LogP contribution in [0.1, 0.15) is 19.4 Å². The molecule has 25 heavy (non-hydrogen) atoms. The van der Waals surface area contributed by atoms with E-state index in [1.54, 1.807) is 36.4 Å². The van der Waals surface area contributed by atoms with Gasteiger partial charge in [-0.05, 0) is 31.5 Å². The number of nitriles is 5. The second-order valence-corrected chi connectivity index (χ2v) is 4.78. The number of hydrogen-bond donors (Lipinski definition) is 0. The molecular formula is C19H14N6. The summed E-state index contributed by atoms with van der Waals surface area (Å²) in [6.07, 6.45) is 0. The Bertz CT molecular complexity index is 895. The fourth-order valence-electron chi connectivity index (χ4n) is 2.30. The van der Waals surface area contributed by atoms with E-state index in [2.05, 4.69) is 4.90 Å². The summed E-state index contributed by atoms with van der Waals surface area (Å²) in [6.45, 7) is 5.72. The first-order valence-electron chi connectivity index (χ1n) is 7.46. The molecule has 1 rings (SSSR count). The lowest BCUT2D eigenvalue weighted by atomic mass is 9.94. The molecule has 0 bridgehead atoms. The van der Waals surface area contributed by atoms with Crippen LogP contribution in [0.15, 0.2) is 41.0 Å². The van der Waals surface area contributed by atoms with Crippen molar-refractivity contribution in [2.75, 3.05) is 18.0 Å². The summed E-state index contributed by atoms with van der Waals surface area (Å²) in [5.74, 6) is 0. The van der Waals surface area contributed by atoms with Gasteiger partial charge in [0.1, 0.15) is 35.9 Å². The Hall–Kier alpha value is -4.05. The number of nitrogens with zero attached hydrogens (tertiary/aromatic N) is 6. The van der Waals surface area contributed by atoms with Crippen molar-refractivity contribution >= 4 is 11.3 Å². The quantitative estimate of drug-likeness (QED) is 0.604. The van der Waals surface area contributed by atoms with Crippen molar-refractivity contribution in [2.24, 2.45) is 0 Å². The second kappa shape index (κ2) is 9.17. The van der Waals surface area contributed by atoms with E-state index in [1.807, 2.05) is 32.0 Å². The van der Waals surface area contributed by atoms with Gasteiger partial charge in [-0.25, -0.2) is 0 Å². The van der Waals surface area contributed by atoms with Gasteiger partial charge in [-0.15, -0.1) is 0 Å².